The second-order valence-electron chi connectivity index (χ2n) is 7.36. The molecule has 0 radical (unpaired) electrons. The molecule has 6 nitrogen and oxygen atoms in total. The Balaban J connectivity index is 1.39. The number of amides is 1. The largest absolute Gasteiger partial charge is 0.491 e. The highest BCUT2D eigenvalue weighted by atomic mass is 16.5. The fraction of sp³-hybridized carbons (Fsp3) is 0.261. The standard InChI is InChI=1S/C23H24N4O2/c1-16(2)29-21-9-7-20(8-10-21)26-23-24-13-19(14-25-23)22(28)27-12-11-17-5-3-4-6-18(17)15-27/h3-10,13-14,16H,11-12,15H2,1-2H3,(H,24,25,26). The third-order valence-corrected chi connectivity index (χ3v) is 4.80. The van der Waals surface area contributed by atoms with Gasteiger partial charge in [-0.05, 0) is 55.7 Å². The number of nitrogens with one attached hydrogen (secondary N) is 1. The van der Waals surface area contributed by atoms with Crippen molar-refractivity contribution < 1.29 is 9.53 Å². The van der Waals surface area contributed by atoms with Crippen molar-refractivity contribution in [3.05, 3.63) is 77.6 Å². The van der Waals surface area contributed by atoms with E-state index in [9.17, 15) is 4.79 Å². The highest BCUT2D eigenvalue weighted by Gasteiger charge is 2.22. The first-order chi connectivity index (χ1) is 14.1. The number of nitrogens with zero attached hydrogens (tertiary/aromatic N) is 3. The van der Waals surface area contributed by atoms with Crippen LogP contribution in [0, 0.1) is 0 Å². The number of anilines is 2. The lowest BCUT2D eigenvalue weighted by Gasteiger charge is -2.28. The third-order valence-electron chi connectivity index (χ3n) is 4.80. The monoisotopic (exact) mass is 388 g/mol. The Hall–Kier alpha value is -3.41. The summed E-state index contributed by atoms with van der Waals surface area (Å²) in [6, 6.07) is 15.9. The first kappa shape index (κ1) is 18.9. The Bertz CT molecular complexity index is 985. The molecule has 4 rings (SSSR count). The highest BCUT2D eigenvalue weighted by molar-refractivity contribution is 5.93. The van der Waals surface area contributed by atoms with E-state index in [1.54, 1.807) is 12.4 Å². The van der Waals surface area contributed by atoms with Gasteiger partial charge in [0.05, 0.1) is 11.7 Å². The molecule has 0 fully saturated rings. The minimum absolute atomic E-state index is 0.0405. The van der Waals surface area contributed by atoms with E-state index >= 15 is 0 Å². The lowest BCUT2D eigenvalue weighted by atomic mass is 9.99. The van der Waals surface area contributed by atoms with E-state index in [1.165, 1.54) is 11.1 Å². The van der Waals surface area contributed by atoms with E-state index in [4.69, 9.17) is 4.74 Å². The number of aromatic nitrogens is 2. The van der Waals surface area contributed by atoms with E-state index < -0.39 is 0 Å². The summed E-state index contributed by atoms with van der Waals surface area (Å²) in [6.45, 7) is 5.32. The molecule has 0 aliphatic carbocycles. The normalized spacial score (nSPS) is 13.1. The predicted octanol–water partition coefficient (Wildman–Crippen LogP) is 4.21. The number of rotatable bonds is 5. The minimum Gasteiger partial charge on any atom is -0.491 e. The van der Waals surface area contributed by atoms with Gasteiger partial charge in [0.1, 0.15) is 5.75 Å². The SMILES string of the molecule is CC(C)Oc1ccc(Nc2ncc(C(=O)N3CCc4ccccc4C3)cn2)cc1. The zero-order chi connectivity index (χ0) is 20.2. The van der Waals surface area contributed by atoms with E-state index in [0.717, 1.165) is 17.9 Å². The Kier molecular flexibility index (Phi) is 5.42. The minimum atomic E-state index is -0.0405. The summed E-state index contributed by atoms with van der Waals surface area (Å²) in [4.78, 5) is 23.3. The van der Waals surface area contributed by atoms with Gasteiger partial charge in [0.15, 0.2) is 0 Å². The van der Waals surface area contributed by atoms with E-state index in [-0.39, 0.29) is 12.0 Å². The molecule has 2 heterocycles. The molecule has 1 aliphatic rings. The molecular weight excluding hydrogens is 364 g/mol. The summed E-state index contributed by atoms with van der Waals surface area (Å²) in [5.41, 5.74) is 3.87. The molecule has 1 N–H and O–H groups in total. The number of benzene rings is 2. The Morgan fingerprint density at radius 2 is 1.72 bits per heavy atom. The van der Waals surface area contributed by atoms with E-state index in [0.29, 0.717) is 24.6 Å². The molecule has 0 atom stereocenters. The second kappa shape index (κ2) is 8.31. The van der Waals surface area contributed by atoms with Crippen molar-refractivity contribution in [1.29, 1.82) is 0 Å². The van der Waals surface area contributed by atoms with Gasteiger partial charge in [-0.3, -0.25) is 4.79 Å². The van der Waals surface area contributed by atoms with Crippen molar-refractivity contribution in [2.45, 2.75) is 32.9 Å². The van der Waals surface area contributed by atoms with E-state index in [2.05, 4.69) is 27.4 Å². The molecule has 6 heteroatoms. The first-order valence-corrected chi connectivity index (χ1v) is 9.80. The van der Waals surface area contributed by atoms with Crippen LogP contribution in [-0.2, 0) is 13.0 Å². The second-order valence-corrected chi connectivity index (χ2v) is 7.36. The summed E-state index contributed by atoms with van der Waals surface area (Å²) < 4.78 is 5.64. The number of carbonyl (C=O) groups excluding carboxylic acids is 1. The average molecular weight is 388 g/mol. The maximum absolute atomic E-state index is 12.8. The molecule has 1 amide bonds. The summed E-state index contributed by atoms with van der Waals surface area (Å²) in [7, 11) is 0. The van der Waals surface area contributed by atoms with Crippen LogP contribution in [-0.4, -0.2) is 33.4 Å². The zero-order valence-electron chi connectivity index (χ0n) is 16.6. The van der Waals surface area contributed by atoms with Crippen LogP contribution in [0.15, 0.2) is 60.9 Å². The molecule has 0 spiro atoms. The van der Waals surface area contributed by atoms with Crippen LogP contribution >= 0.6 is 0 Å². The molecule has 29 heavy (non-hydrogen) atoms. The van der Waals surface area contributed by atoms with Gasteiger partial charge in [0.25, 0.3) is 5.91 Å². The highest BCUT2D eigenvalue weighted by Crippen LogP contribution is 2.21. The molecule has 0 bridgehead atoms. The molecule has 0 unspecified atom stereocenters. The molecule has 0 saturated carbocycles. The predicted molar refractivity (Wildman–Crippen MR) is 112 cm³/mol. The topological polar surface area (TPSA) is 67.3 Å². The molecule has 1 aromatic heterocycles. The van der Waals surface area contributed by atoms with Crippen LogP contribution < -0.4 is 10.1 Å². The fourth-order valence-electron chi connectivity index (χ4n) is 3.37. The molecule has 1 aliphatic heterocycles. The Morgan fingerprint density at radius 3 is 2.41 bits per heavy atom. The summed E-state index contributed by atoms with van der Waals surface area (Å²) >= 11 is 0. The Labute approximate surface area is 170 Å². The van der Waals surface area contributed by atoms with Crippen LogP contribution in [0.1, 0.15) is 35.3 Å². The van der Waals surface area contributed by atoms with Crippen LogP contribution in [0.4, 0.5) is 11.6 Å². The molecular formula is C23H24N4O2. The van der Waals surface area contributed by atoms with Crippen LogP contribution in [0.3, 0.4) is 0 Å². The van der Waals surface area contributed by atoms with Crippen molar-refractivity contribution in [3.63, 3.8) is 0 Å². The zero-order valence-corrected chi connectivity index (χ0v) is 16.6. The lowest BCUT2D eigenvalue weighted by molar-refractivity contribution is 0.0734. The van der Waals surface area contributed by atoms with Crippen molar-refractivity contribution >= 4 is 17.5 Å². The van der Waals surface area contributed by atoms with Gasteiger partial charge in [-0.1, -0.05) is 24.3 Å². The smallest absolute Gasteiger partial charge is 0.257 e. The van der Waals surface area contributed by atoms with Gasteiger partial charge in [-0.25, -0.2) is 9.97 Å². The maximum atomic E-state index is 12.8. The van der Waals surface area contributed by atoms with Gasteiger partial charge < -0.3 is 15.0 Å². The quantitative estimate of drug-likeness (QED) is 0.709. The summed E-state index contributed by atoms with van der Waals surface area (Å²) in [6.07, 6.45) is 4.16. The maximum Gasteiger partial charge on any atom is 0.257 e. The molecule has 3 aromatic rings. The van der Waals surface area contributed by atoms with Crippen molar-refractivity contribution in [1.82, 2.24) is 14.9 Å². The first-order valence-electron chi connectivity index (χ1n) is 9.80. The van der Waals surface area contributed by atoms with Gasteiger partial charge in [0, 0.05) is 31.2 Å². The Morgan fingerprint density at radius 1 is 1.03 bits per heavy atom. The van der Waals surface area contributed by atoms with Crippen molar-refractivity contribution in [2.75, 3.05) is 11.9 Å². The molecule has 0 saturated heterocycles. The summed E-state index contributed by atoms with van der Waals surface area (Å²) in [5, 5.41) is 3.14. The van der Waals surface area contributed by atoms with Crippen molar-refractivity contribution in [2.24, 2.45) is 0 Å². The van der Waals surface area contributed by atoms with E-state index in [1.807, 2.05) is 55.1 Å². The fourth-order valence-corrected chi connectivity index (χ4v) is 3.37. The summed E-state index contributed by atoms with van der Waals surface area (Å²) in [5.74, 6) is 1.22. The number of hydrogen-bond donors (Lipinski definition) is 1. The molecule has 148 valence electrons. The van der Waals surface area contributed by atoms with Crippen LogP contribution in [0.25, 0.3) is 0 Å². The van der Waals surface area contributed by atoms with Gasteiger partial charge in [0.2, 0.25) is 5.95 Å². The molecule has 2 aromatic carbocycles. The van der Waals surface area contributed by atoms with Crippen molar-refractivity contribution in [3.8, 4) is 5.75 Å². The lowest BCUT2D eigenvalue weighted by Crippen LogP contribution is -2.36. The van der Waals surface area contributed by atoms with Crippen LogP contribution in [0.2, 0.25) is 0 Å². The number of ether oxygens (including phenoxy) is 1. The number of fused-ring (bicyclic) bond motifs is 1. The van der Waals surface area contributed by atoms with Gasteiger partial charge >= 0.3 is 0 Å². The van der Waals surface area contributed by atoms with Gasteiger partial charge in [-0.2, -0.15) is 0 Å². The van der Waals surface area contributed by atoms with Crippen LogP contribution in [0.5, 0.6) is 5.75 Å². The van der Waals surface area contributed by atoms with Gasteiger partial charge in [-0.15, -0.1) is 0 Å². The average Bonchev–Trinajstić information content (AvgIpc) is 2.74. The number of carbonyl (C=O) groups is 1. The third kappa shape index (κ3) is 4.54. The number of hydrogen-bond acceptors (Lipinski definition) is 5.